The Morgan fingerprint density at radius 1 is 1.53 bits per heavy atom. The zero-order chi connectivity index (χ0) is 11.4. The number of aliphatic carboxylic acids is 1. The second-order valence-electron chi connectivity index (χ2n) is 4.90. The number of carboxylic acid groups (broad SMARTS) is 1. The van der Waals surface area contributed by atoms with E-state index < -0.39 is 5.97 Å². The molecule has 0 aliphatic heterocycles. The monoisotopic (exact) mass is 213 g/mol. The highest BCUT2D eigenvalue weighted by Crippen LogP contribution is 2.30. The van der Waals surface area contributed by atoms with E-state index in [0.29, 0.717) is 12.1 Å². The SMILES string of the molecule is CCC(C)N(CC(=O)O)C1CCC(C)C1. The van der Waals surface area contributed by atoms with Crippen LogP contribution in [-0.4, -0.2) is 34.6 Å². The van der Waals surface area contributed by atoms with E-state index in [1.54, 1.807) is 0 Å². The number of hydrogen-bond acceptors (Lipinski definition) is 2. The van der Waals surface area contributed by atoms with Gasteiger partial charge in [-0.05, 0) is 38.5 Å². The molecule has 1 aliphatic carbocycles. The number of nitrogens with zero attached hydrogens (tertiary/aromatic N) is 1. The molecule has 3 nitrogen and oxygen atoms in total. The summed E-state index contributed by atoms with van der Waals surface area (Å²) in [6, 6.07) is 0.877. The van der Waals surface area contributed by atoms with Gasteiger partial charge in [-0.3, -0.25) is 9.69 Å². The summed E-state index contributed by atoms with van der Waals surface area (Å²) in [5.74, 6) is 0.0604. The lowest BCUT2D eigenvalue weighted by atomic mass is 10.1. The zero-order valence-electron chi connectivity index (χ0n) is 10.1. The van der Waals surface area contributed by atoms with Crippen LogP contribution in [0.3, 0.4) is 0 Å². The second kappa shape index (κ2) is 5.50. The van der Waals surface area contributed by atoms with Crippen LogP contribution in [0.4, 0.5) is 0 Å². The third kappa shape index (κ3) is 3.49. The van der Waals surface area contributed by atoms with Crippen LogP contribution < -0.4 is 0 Å². The minimum atomic E-state index is -0.699. The molecule has 1 aliphatic rings. The van der Waals surface area contributed by atoms with E-state index in [0.717, 1.165) is 18.8 Å². The molecule has 15 heavy (non-hydrogen) atoms. The largest absolute Gasteiger partial charge is 0.480 e. The molecule has 0 aromatic rings. The Morgan fingerprint density at radius 2 is 2.20 bits per heavy atom. The average Bonchev–Trinajstić information content (AvgIpc) is 2.59. The molecule has 0 aromatic carbocycles. The van der Waals surface area contributed by atoms with E-state index in [2.05, 4.69) is 25.7 Å². The fourth-order valence-electron chi connectivity index (χ4n) is 2.51. The van der Waals surface area contributed by atoms with Crippen LogP contribution in [0.15, 0.2) is 0 Å². The lowest BCUT2D eigenvalue weighted by Crippen LogP contribution is -2.43. The summed E-state index contributed by atoms with van der Waals surface area (Å²) in [7, 11) is 0. The van der Waals surface area contributed by atoms with E-state index in [9.17, 15) is 4.79 Å². The van der Waals surface area contributed by atoms with Gasteiger partial charge in [-0.25, -0.2) is 0 Å². The summed E-state index contributed by atoms with van der Waals surface area (Å²) in [6.45, 7) is 6.71. The summed E-state index contributed by atoms with van der Waals surface area (Å²) in [6.07, 6.45) is 4.60. The minimum absolute atomic E-state index is 0.201. The van der Waals surface area contributed by atoms with Gasteiger partial charge in [0.2, 0.25) is 0 Å². The Labute approximate surface area is 92.5 Å². The summed E-state index contributed by atoms with van der Waals surface area (Å²) >= 11 is 0. The van der Waals surface area contributed by atoms with Crippen molar-refractivity contribution < 1.29 is 9.90 Å². The molecule has 1 rings (SSSR count). The van der Waals surface area contributed by atoms with Crippen LogP contribution in [0.25, 0.3) is 0 Å². The van der Waals surface area contributed by atoms with Crippen LogP contribution in [0, 0.1) is 5.92 Å². The van der Waals surface area contributed by atoms with Crippen molar-refractivity contribution in [2.24, 2.45) is 5.92 Å². The number of carboxylic acids is 1. The molecule has 0 aromatic heterocycles. The molecule has 0 bridgehead atoms. The quantitative estimate of drug-likeness (QED) is 0.762. The number of hydrogen-bond donors (Lipinski definition) is 1. The van der Waals surface area contributed by atoms with Gasteiger partial charge in [0, 0.05) is 12.1 Å². The lowest BCUT2D eigenvalue weighted by molar-refractivity contribution is -0.139. The maximum atomic E-state index is 10.8. The summed E-state index contributed by atoms with van der Waals surface area (Å²) in [5, 5.41) is 8.91. The van der Waals surface area contributed by atoms with Gasteiger partial charge >= 0.3 is 5.97 Å². The molecule has 0 spiro atoms. The van der Waals surface area contributed by atoms with Crippen LogP contribution in [0.5, 0.6) is 0 Å². The van der Waals surface area contributed by atoms with E-state index in [1.165, 1.54) is 12.8 Å². The van der Waals surface area contributed by atoms with Gasteiger partial charge in [-0.1, -0.05) is 13.8 Å². The molecule has 0 saturated heterocycles. The fraction of sp³-hybridized carbons (Fsp3) is 0.917. The van der Waals surface area contributed by atoms with Crippen LogP contribution in [0.2, 0.25) is 0 Å². The van der Waals surface area contributed by atoms with Gasteiger partial charge in [0.15, 0.2) is 0 Å². The first kappa shape index (κ1) is 12.5. The van der Waals surface area contributed by atoms with Crippen LogP contribution >= 0.6 is 0 Å². The van der Waals surface area contributed by atoms with Crippen molar-refractivity contribution in [3.63, 3.8) is 0 Å². The molecule has 1 N–H and O–H groups in total. The van der Waals surface area contributed by atoms with Crippen LogP contribution in [0.1, 0.15) is 46.5 Å². The van der Waals surface area contributed by atoms with Crippen molar-refractivity contribution in [3.05, 3.63) is 0 Å². The molecule has 3 unspecified atom stereocenters. The van der Waals surface area contributed by atoms with Gasteiger partial charge in [0.25, 0.3) is 0 Å². The normalized spacial score (nSPS) is 28.3. The first-order chi connectivity index (χ1) is 7.04. The molecule has 0 radical (unpaired) electrons. The second-order valence-corrected chi connectivity index (χ2v) is 4.90. The highest BCUT2D eigenvalue weighted by Gasteiger charge is 2.30. The summed E-state index contributed by atoms with van der Waals surface area (Å²) < 4.78 is 0. The van der Waals surface area contributed by atoms with E-state index in [1.807, 2.05) is 0 Å². The number of rotatable bonds is 5. The van der Waals surface area contributed by atoms with Crippen molar-refractivity contribution in [1.29, 1.82) is 0 Å². The third-order valence-corrected chi connectivity index (χ3v) is 3.61. The highest BCUT2D eigenvalue weighted by molar-refractivity contribution is 5.69. The van der Waals surface area contributed by atoms with Crippen molar-refractivity contribution in [2.75, 3.05) is 6.54 Å². The Kier molecular flexibility index (Phi) is 4.58. The molecular formula is C12H23NO2. The summed E-state index contributed by atoms with van der Waals surface area (Å²) in [5.41, 5.74) is 0. The molecule has 1 fully saturated rings. The van der Waals surface area contributed by atoms with Gasteiger partial charge in [0.1, 0.15) is 0 Å². The maximum Gasteiger partial charge on any atom is 0.317 e. The first-order valence-corrected chi connectivity index (χ1v) is 6.02. The first-order valence-electron chi connectivity index (χ1n) is 6.02. The Bertz CT molecular complexity index is 218. The number of carbonyl (C=O) groups is 1. The van der Waals surface area contributed by atoms with Gasteiger partial charge < -0.3 is 5.11 Å². The molecule has 3 heteroatoms. The van der Waals surface area contributed by atoms with Gasteiger partial charge in [-0.15, -0.1) is 0 Å². The predicted octanol–water partition coefficient (Wildman–Crippen LogP) is 2.36. The zero-order valence-corrected chi connectivity index (χ0v) is 10.1. The Morgan fingerprint density at radius 3 is 2.60 bits per heavy atom. The highest BCUT2D eigenvalue weighted by atomic mass is 16.4. The molecular weight excluding hydrogens is 190 g/mol. The van der Waals surface area contributed by atoms with Crippen LogP contribution in [-0.2, 0) is 4.79 Å². The molecule has 0 amide bonds. The Balaban J connectivity index is 2.59. The maximum absolute atomic E-state index is 10.8. The molecule has 0 heterocycles. The van der Waals surface area contributed by atoms with E-state index in [-0.39, 0.29) is 6.54 Å². The predicted molar refractivity (Wildman–Crippen MR) is 60.9 cm³/mol. The molecule has 88 valence electrons. The van der Waals surface area contributed by atoms with Crippen molar-refractivity contribution >= 4 is 5.97 Å². The van der Waals surface area contributed by atoms with E-state index in [4.69, 9.17) is 5.11 Å². The minimum Gasteiger partial charge on any atom is -0.480 e. The summed E-state index contributed by atoms with van der Waals surface area (Å²) in [4.78, 5) is 13.0. The third-order valence-electron chi connectivity index (χ3n) is 3.61. The topological polar surface area (TPSA) is 40.5 Å². The molecule has 3 atom stereocenters. The lowest BCUT2D eigenvalue weighted by Gasteiger charge is -2.32. The molecule has 1 saturated carbocycles. The van der Waals surface area contributed by atoms with Crippen molar-refractivity contribution in [1.82, 2.24) is 4.90 Å². The Hall–Kier alpha value is -0.570. The van der Waals surface area contributed by atoms with Crippen molar-refractivity contribution in [2.45, 2.75) is 58.5 Å². The van der Waals surface area contributed by atoms with E-state index >= 15 is 0 Å². The average molecular weight is 213 g/mol. The van der Waals surface area contributed by atoms with Crippen molar-refractivity contribution in [3.8, 4) is 0 Å². The van der Waals surface area contributed by atoms with Gasteiger partial charge in [0.05, 0.1) is 6.54 Å². The fourth-order valence-corrected chi connectivity index (χ4v) is 2.51. The smallest absolute Gasteiger partial charge is 0.317 e. The van der Waals surface area contributed by atoms with Gasteiger partial charge in [-0.2, -0.15) is 0 Å². The standard InChI is InChI=1S/C12H23NO2/c1-4-10(3)13(8-12(14)15)11-6-5-9(2)7-11/h9-11H,4-8H2,1-3H3,(H,14,15).